The highest BCUT2D eigenvalue weighted by Crippen LogP contribution is 2.32. The van der Waals surface area contributed by atoms with Gasteiger partial charge in [0, 0.05) is 17.4 Å². The number of aromatic nitrogens is 2. The van der Waals surface area contributed by atoms with E-state index in [0.29, 0.717) is 0 Å². The molecule has 1 heterocycles. The van der Waals surface area contributed by atoms with Gasteiger partial charge in [-0.1, -0.05) is 54.9 Å². The molecule has 0 aliphatic rings. The zero-order valence-electron chi connectivity index (χ0n) is 13.1. The Kier molecular flexibility index (Phi) is 4.14. The van der Waals surface area contributed by atoms with Crippen molar-refractivity contribution in [3.63, 3.8) is 0 Å². The molecule has 1 aromatic heterocycles. The maximum atomic E-state index is 6.33. The number of rotatable bonds is 3. The highest BCUT2D eigenvalue weighted by Gasteiger charge is 2.29. The van der Waals surface area contributed by atoms with E-state index in [4.69, 9.17) is 10.7 Å². The molecule has 0 bridgehead atoms. The Morgan fingerprint density at radius 2 is 1.61 bits per heavy atom. The number of hydrogen-bond donors (Lipinski definition) is 1. The lowest BCUT2D eigenvalue weighted by atomic mass is 9.92. The van der Waals surface area contributed by atoms with Gasteiger partial charge in [0.25, 0.3) is 0 Å². The van der Waals surface area contributed by atoms with E-state index in [2.05, 4.69) is 53.0 Å². The van der Waals surface area contributed by atoms with Crippen LogP contribution in [0.3, 0.4) is 0 Å². The van der Waals surface area contributed by atoms with Crippen molar-refractivity contribution < 1.29 is 0 Å². The van der Waals surface area contributed by atoms with Gasteiger partial charge < -0.3 is 10.3 Å². The summed E-state index contributed by atoms with van der Waals surface area (Å²) < 4.78 is 2.21. The molecule has 0 amide bonds. The van der Waals surface area contributed by atoms with Crippen LogP contribution < -0.4 is 5.73 Å². The molecule has 3 nitrogen and oxygen atoms in total. The van der Waals surface area contributed by atoms with Gasteiger partial charge in [-0.15, -0.1) is 0 Å². The molecule has 0 spiro atoms. The highest BCUT2D eigenvalue weighted by atomic mass is 15.2. The average Bonchev–Trinajstić information content (AvgIpc) is 2.51. The minimum absolute atomic E-state index is 0.00154. The topological polar surface area (TPSA) is 43.8 Å². The van der Waals surface area contributed by atoms with Crippen LogP contribution in [-0.4, -0.2) is 9.55 Å². The Bertz CT molecular complexity index is 403. The predicted octanol–water partition coefficient (Wildman–Crippen LogP) is 3.86. The van der Waals surface area contributed by atoms with Crippen LogP contribution in [0.4, 0.5) is 5.82 Å². The van der Waals surface area contributed by atoms with Crippen molar-refractivity contribution in [3.8, 4) is 0 Å². The van der Waals surface area contributed by atoms with E-state index in [1.54, 1.807) is 0 Å². The van der Waals surface area contributed by atoms with Gasteiger partial charge in [0.15, 0.2) is 0 Å². The lowest BCUT2D eigenvalue weighted by Crippen LogP contribution is -2.20. The van der Waals surface area contributed by atoms with Gasteiger partial charge in [0.1, 0.15) is 11.6 Å². The Hall–Kier alpha value is -0.990. The zero-order valence-corrected chi connectivity index (χ0v) is 13.1. The highest BCUT2D eigenvalue weighted by molar-refractivity contribution is 5.43. The van der Waals surface area contributed by atoms with Crippen LogP contribution >= 0.6 is 0 Å². The van der Waals surface area contributed by atoms with E-state index in [0.717, 1.165) is 30.3 Å². The third-order valence-electron chi connectivity index (χ3n) is 3.12. The molecule has 0 unspecified atom stereocenters. The second-order valence-corrected chi connectivity index (χ2v) is 7.17. The molecular formula is C15H29N3. The largest absolute Gasteiger partial charge is 0.384 e. The standard InChI is InChI=1S/C15H29N3/c1-8-9-10-18-12(16)11(14(2,3)4)17-13(18)15(5,6)7/h8-10,16H2,1-7H3. The molecule has 0 saturated heterocycles. The molecule has 1 aromatic rings. The number of nitrogens with zero attached hydrogens (tertiary/aromatic N) is 2. The number of imidazole rings is 1. The van der Waals surface area contributed by atoms with Crippen molar-refractivity contribution in [1.29, 1.82) is 0 Å². The number of unbranched alkanes of at least 4 members (excludes halogenated alkanes) is 1. The van der Waals surface area contributed by atoms with E-state index < -0.39 is 0 Å². The van der Waals surface area contributed by atoms with Gasteiger partial charge in [-0.3, -0.25) is 0 Å². The lowest BCUT2D eigenvalue weighted by molar-refractivity contribution is 0.489. The third-order valence-corrected chi connectivity index (χ3v) is 3.12. The zero-order chi connectivity index (χ0) is 14.1. The predicted molar refractivity (Wildman–Crippen MR) is 78.9 cm³/mol. The summed E-state index contributed by atoms with van der Waals surface area (Å²) in [6, 6.07) is 0. The molecule has 3 heteroatoms. The van der Waals surface area contributed by atoms with Crippen molar-refractivity contribution in [2.24, 2.45) is 0 Å². The van der Waals surface area contributed by atoms with Crippen LogP contribution in [0.2, 0.25) is 0 Å². The van der Waals surface area contributed by atoms with Gasteiger partial charge in [-0.05, 0) is 6.42 Å². The monoisotopic (exact) mass is 251 g/mol. The Balaban J connectivity index is 3.32. The fraction of sp³-hybridized carbons (Fsp3) is 0.800. The number of nitrogens with two attached hydrogens (primary N) is 1. The van der Waals surface area contributed by atoms with Crippen LogP contribution in [-0.2, 0) is 17.4 Å². The molecule has 0 fully saturated rings. The molecule has 18 heavy (non-hydrogen) atoms. The second-order valence-electron chi connectivity index (χ2n) is 7.17. The van der Waals surface area contributed by atoms with Crippen molar-refractivity contribution in [2.75, 3.05) is 5.73 Å². The summed E-state index contributed by atoms with van der Waals surface area (Å²) in [4.78, 5) is 4.84. The Morgan fingerprint density at radius 1 is 1.06 bits per heavy atom. The molecule has 0 aromatic carbocycles. The quantitative estimate of drug-likeness (QED) is 0.886. The molecule has 104 valence electrons. The molecule has 0 radical (unpaired) electrons. The molecule has 0 aliphatic heterocycles. The Morgan fingerprint density at radius 3 is 2.00 bits per heavy atom. The lowest BCUT2D eigenvalue weighted by Gasteiger charge is -2.20. The molecular weight excluding hydrogens is 222 g/mol. The molecule has 2 N–H and O–H groups in total. The summed E-state index contributed by atoms with van der Waals surface area (Å²) >= 11 is 0. The summed E-state index contributed by atoms with van der Waals surface area (Å²) in [5.41, 5.74) is 7.39. The third kappa shape index (κ3) is 3.06. The van der Waals surface area contributed by atoms with Gasteiger partial charge in [0.05, 0.1) is 5.69 Å². The summed E-state index contributed by atoms with van der Waals surface area (Å²) in [7, 11) is 0. The molecule has 0 aliphatic carbocycles. The summed E-state index contributed by atoms with van der Waals surface area (Å²) in [5, 5.41) is 0. The smallest absolute Gasteiger partial charge is 0.127 e. The molecule has 0 atom stereocenters. The first-order valence-electron chi connectivity index (χ1n) is 6.96. The van der Waals surface area contributed by atoms with E-state index in [-0.39, 0.29) is 10.8 Å². The first-order valence-corrected chi connectivity index (χ1v) is 6.96. The normalized spacial score (nSPS) is 13.1. The van der Waals surface area contributed by atoms with Crippen molar-refractivity contribution in [3.05, 3.63) is 11.5 Å². The summed E-state index contributed by atoms with van der Waals surface area (Å²) in [6.45, 7) is 16.3. The molecule has 1 rings (SSSR count). The van der Waals surface area contributed by atoms with Crippen LogP contribution in [0.1, 0.15) is 72.8 Å². The number of anilines is 1. The minimum Gasteiger partial charge on any atom is -0.384 e. The fourth-order valence-electron chi connectivity index (χ4n) is 2.13. The van der Waals surface area contributed by atoms with Crippen LogP contribution in [0.5, 0.6) is 0 Å². The first kappa shape index (κ1) is 15.1. The van der Waals surface area contributed by atoms with Crippen LogP contribution in [0, 0.1) is 0 Å². The van der Waals surface area contributed by atoms with E-state index in [9.17, 15) is 0 Å². The van der Waals surface area contributed by atoms with Gasteiger partial charge in [0.2, 0.25) is 0 Å². The first-order chi connectivity index (χ1) is 8.09. The van der Waals surface area contributed by atoms with Crippen LogP contribution in [0.15, 0.2) is 0 Å². The van der Waals surface area contributed by atoms with Crippen molar-refractivity contribution >= 4 is 5.82 Å². The van der Waals surface area contributed by atoms with E-state index in [1.807, 2.05) is 0 Å². The van der Waals surface area contributed by atoms with E-state index in [1.165, 1.54) is 6.42 Å². The fourth-order valence-corrected chi connectivity index (χ4v) is 2.13. The minimum atomic E-state index is 0.00154. The average molecular weight is 251 g/mol. The van der Waals surface area contributed by atoms with E-state index >= 15 is 0 Å². The number of nitrogen functional groups attached to an aromatic ring is 1. The van der Waals surface area contributed by atoms with Gasteiger partial charge >= 0.3 is 0 Å². The second kappa shape index (κ2) is 4.94. The maximum Gasteiger partial charge on any atom is 0.127 e. The SMILES string of the molecule is CCCCn1c(C(C)(C)C)nc(C(C)(C)C)c1N. The summed E-state index contributed by atoms with van der Waals surface area (Å²) in [5.74, 6) is 1.96. The number of hydrogen-bond acceptors (Lipinski definition) is 2. The van der Waals surface area contributed by atoms with Crippen molar-refractivity contribution in [2.45, 2.75) is 78.7 Å². The maximum absolute atomic E-state index is 6.33. The van der Waals surface area contributed by atoms with Gasteiger partial charge in [-0.25, -0.2) is 4.98 Å². The van der Waals surface area contributed by atoms with Crippen molar-refractivity contribution in [1.82, 2.24) is 9.55 Å². The Labute approximate surface area is 112 Å². The molecule has 0 saturated carbocycles. The van der Waals surface area contributed by atoms with Crippen LogP contribution in [0.25, 0.3) is 0 Å². The van der Waals surface area contributed by atoms with Gasteiger partial charge in [-0.2, -0.15) is 0 Å². The summed E-state index contributed by atoms with van der Waals surface area (Å²) in [6.07, 6.45) is 2.32.